The molecule has 0 radical (unpaired) electrons. The molecule has 2 aromatic rings. The van der Waals surface area contributed by atoms with Crippen LogP contribution < -0.4 is 5.32 Å². The van der Waals surface area contributed by atoms with Crippen LogP contribution in [-0.2, 0) is 6.42 Å². The first-order chi connectivity index (χ1) is 16.6. The van der Waals surface area contributed by atoms with Crippen molar-refractivity contribution in [1.29, 1.82) is 0 Å². The number of nitrogens with one attached hydrogen (secondary N) is 1. The molecular formula is C24H22Cl3F6NOS. The lowest BCUT2D eigenvalue weighted by atomic mass is 9.95. The van der Waals surface area contributed by atoms with Crippen molar-refractivity contribution < 1.29 is 31.1 Å². The summed E-state index contributed by atoms with van der Waals surface area (Å²) >= 11 is 18.3. The molecule has 2 atom stereocenters. The molecule has 0 saturated heterocycles. The lowest BCUT2D eigenvalue weighted by molar-refractivity contribution is -0.139. The van der Waals surface area contributed by atoms with E-state index in [4.69, 9.17) is 34.8 Å². The van der Waals surface area contributed by atoms with Gasteiger partial charge < -0.3 is 5.32 Å². The summed E-state index contributed by atoms with van der Waals surface area (Å²) in [7, 11) is 0. The van der Waals surface area contributed by atoms with Crippen LogP contribution in [0.5, 0.6) is 0 Å². The summed E-state index contributed by atoms with van der Waals surface area (Å²) in [6, 6.07) is 6.25. The van der Waals surface area contributed by atoms with Gasteiger partial charge in [-0.25, -0.2) is 0 Å². The van der Waals surface area contributed by atoms with Crippen LogP contribution in [0, 0.1) is 0 Å². The maximum absolute atomic E-state index is 13.8. The van der Waals surface area contributed by atoms with E-state index in [1.165, 1.54) is 18.2 Å². The van der Waals surface area contributed by atoms with Gasteiger partial charge in [0.05, 0.1) is 26.7 Å². The molecule has 0 aliphatic heterocycles. The first-order valence-electron chi connectivity index (χ1n) is 10.6. The number of benzene rings is 2. The molecular weight excluding hydrogens is 571 g/mol. The summed E-state index contributed by atoms with van der Waals surface area (Å²) in [5.74, 6) is -3.42. The fraction of sp³-hybridized carbons (Fsp3) is 0.375. The SMILES string of the molecule is CCc1cc(/C=C/C(c2cc(Cl)c(Cl)c(Cl)c2)C(F)(F)F)ccc1C(=O)NC(C)CSCC(F)(F)F. The standard InChI is InChI=1S/C24H22Cl3F6NOS/c1-3-15-8-14(4-6-17(15)22(35)34-13(2)11-36-12-23(28,29)30)5-7-18(24(31,32)33)16-9-19(25)21(27)20(26)10-16/h4-10,13,18H,3,11-12H2,1-2H3,(H,34,35)/b7-5+. The number of thioether (sulfide) groups is 1. The Morgan fingerprint density at radius 2 is 1.67 bits per heavy atom. The highest BCUT2D eigenvalue weighted by molar-refractivity contribution is 7.99. The van der Waals surface area contributed by atoms with Gasteiger partial charge in [0.1, 0.15) is 0 Å². The summed E-state index contributed by atoms with van der Waals surface area (Å²) < 4.78 is 78.2. The monoisotopic (exact) mass is 591 g/mol. The van der Waals surface area contributed by atoms with Crippen LogP contribution in [0.2, 0.25) is 15.1 Å². The topological polar surface area (TPSA) is 29.1 Å². The number of amides is 1. The number of hydrogen-bond acceptors (Lipinski definition) is 2. The van der Waals surface area contributed by atoms with Gasteiger partial charge >= 0.3 is 12.4 Å². The second-order valence-corrected chi connectivity index (χ2v) is 10.2. The average Bonchev–Trinajstić information content (AvgIpc) is 2.75. The van der Waals surface area contributed by atoms with Gasteiger partial charge in [-0.15, -0.1) is 0 Å². The molecule has 1 amide bonds. The fourth-order valence-corrected chi connectivity index (χ4v) is 4.70. The number of alkyl halides is 6. The Balaban J connectivity index is 2.21. The van der Waals surface area contributed by atoms with E-state index in [1.54, 1.807) is 19.9 Å². The lowest BCUT2D eigenvalue weighted by Crippen LogP contribution is -2.35. The van der Waals surface area contributed by atoms with E-state index >= 15 is 0 Å². The molecule has 0 aliphatic rings. The number of aryl methyl sites for hydroxylation is 1. The molecule has 2 unspecified atom stereocenters. The summed E-state index contributed by atoms with van der Waals surface area (Å²) in [4.78, 5) is 12.6. The molecule has 0 heterocycles. The van der Waals surface area contributed by atoms with Crippen LogP contribution in [0.15, 0.2) is 36.4 Å². The Morgan fingerprint density at radius 1 is 1.06 bits per heavy atom. The smallest absolute Gasteiger partial charge is 0.349 e. The van der Waals surface area contributed by atoms with E-state index in [-0.39, 0.29) is 26.4 Å². The van der Waals surface area contributed by atoms with E-state index in [0.29, 0.717) is 34.9 Å². The summed E-state index contributed by atoms with van der Waals surface area (Å²) in [6.07, 6.45) is -6.27. The lowest BCUT2D eigenvalue weighted by Gasteiger charge is -2.18. The molecule has 0 spiro atoms. The van der Waals surface area contributed by atoms with Crippen molar-refractivity contribution in [3.8, 4) is 0 Å². The summed E-state index contributed by atoms with van der Waals surface area (Å²) in [6.45, 7) is 3.37. The van der Waals surface area contributed by atoms with Crippen LogP contribution in [0.25, 0.3) is 6.08 Å². The highest BCUT2D eigenvalue weighted by Crippen LogP contribution is 2.41. The van der Waals surface area contributed by atoms with Crippen LogP contribution in [-0.4, -0.2) is 35.8 Å². The number of carbonyl (C=O) groups is 1. The molecule has 2 aromatic carbocycles. The molecule has 1 N–H and O–H groups in total. The summed E-state index contributed by atoms with van der Waals surface area (Å²) in [5, 5.41) is 2.41. The zero-order valence-corrected chi connectivity index (χ0v) is 22.1. The molecule has 0 saturated carbocycles. The zero-order valence-electron chi connectivity index (χ0n) is 19.0. The van der Waals surface area contributed by atoms with Crippen molar-refractivity contribution in [2.45, 2.75) is 44.6 Å². The van der Waals surface area contributed by atoms with Gasteiger partial charge in [0.25, 0.3) is 5.91 Å². The molecule has 2 nitrogen and oxygen atoms in total. The minimum Gasteiger partial charge on any atom is -0.349 e. The van der Waals surface area contributed by atoms with Gasteiger partial charge in [-0.05, 0) is 48.2 Å². The third-order valence-electron chi connectivity index (χ3n) is 4.96. The van der Waals surface area contributed by atoms with Gasteiger partial charge in [0, 0.05) is 17.4 Å². The maximum Gasteiger partial charge on any atom is 0.399 e. The quantitative estimate of drug-likeness (QED) is 0.233. The molecule has 0 fully saturated rings. The molecule has 36 heavy (non-hydrogen) atoms. The van der Waals surface area contributed by atoms with Crippen LogP contribution in [0.1, 0.15) is 46.8 Å². The molecule has 12 heteroatoms. The minimum atomic E-state index is -4.63. The van der Waals surface area contributed by atoms with E-state index in [9.17, 15) is 31.1 Å². The molecule has 2 rings (SSSR count). The fourth-order valence-electron chi connectivity index (χ4n) is 3.30. The average molecular weight is 593 g/mol. The number of hydrogen-bond donors (Lipinski definition) is 1. The van der Waals surface area contributed by atoms with E-state index in [0.717, 1.165) is 18.2 Å². The first-order valence-corrected chi connectivity index (χ1v) is 12.9. The third kappa shape index (κ3) is 9.08. The van der Waals surface area contributed by atoms with Crippen molar-refractivity contribution in [3.05, 3.63) is 73.7 Å². The second-order valence-electron chi connectivity index (χ2n) is 7.95. The number of carbonyl (C=O) groups excluding carboxylic acids is 1. The van der Waals surface area contributed by atoms with Crippen molar-refractivity contribution in [1.82, 2.24) is 5.32 Å². The minimum absolute atomic E-state index is 0.0401. The largest absolute Gasteiger partial charge is 0.399 e. The van der Waals surface area contributed by atoms with Gasteiger partial charge in [-0.3, -0.25) is 4.79 Å². The van der Waals surface area contributed by atoms with Crippen LogP contribution in [0.3, 0.4) is 0 Å². The molecule has 0 bridgehead atoms. The van der Waals surface area contributed by atoms with E-state index in [1.807, 2.05) is 0 Å². The zero-order chi connectivity index (χ0) is 27.3. The van der Waals surface area contributed by atoms with Gasteiger partial charge in [-0.2, -0.15) is 38.1 Å². The van der Waals surface area contributed by atoms with Gasteiger partial charge in [0.2, 0.25) is 0 Å². The number of rotatable bonds is 9. The normalized spacial score (nSPS) is 14.2. The van der Waals surface area contributed by atoms with E-state index < -0.39 is 36.0 Å². The van der Waals surface area contributed by atoms with Gasteiger partial charge in [0.15, 0.2) is 0 Å². The molecule has 198 valence electrons. The van der Waals surface area contributed by atoms with Crippen molar-refractivity contribution in [2.24, 2.45) is 0 Å². The third-order valence-corrected chi connectivity index (χ3v) is 7.43. The first kappa shape index (κ1) is 30.7. The Labute approximate surface area is 224 Å². The summed E-state index contributed by atoms with van der Waals surface area (Å²) in [5.41, 5.74) is 1.12. The highest BCUT2D eigenvalue weighted by Gasteiger charge is 2.39. The molecule has 0 aliphatic carbocycles. The highest BCUT2D eigenvalue weighted by atomic mass is 35.5. The van der Waals surface area contributed by atoms with Crippen molar-refractivity contribution in [3.63, 3.8) is 0 Å². The van der Waals surface area contributed by atoms with Gasteiger partial charge in [-0.1, -0.05) is 66.0 Å². The maximum atomic E-state index is 13.8. The van der Waals surface area contributed by atoms with Crippen LogP contribution >= 0.6 is 46.6 Å². The van der Waals surface area contributed by atoms with Crippen molar-refractivity contribution in [2.75, 3.05) is 11.5 Å². The predicted octanol–water partition coefficient (Wildman–Crippen LogP) is 8.98. The number of allylic oxidation sites excluding steroid dienone is 1. The predicted molar refractivity (Wildman–Crippen MR) is 135 cm³/mol. The second kappa shape index (κ2) is 12.8. The Bertz CT molecular complexity index is 1080. The Morgan fingerprint density at radius 3 is 2.19 bits per heavy atom. The van der Waals surface area contributed by atoms with Crippen molar-refractivity contribution >= 4 is 58.5 Å². The number of halogens is 9. The van der Waals surface area contributed by atoms with Crippen LogP contribution in [0.4, 0.5) is 26.3 Å². The van der Waals surface area contributed by atoms with E-state index in [2.05, 4.69) is 5.32 Å². The Kier molecular flexibility index (Phi) is 10.9. The Hall–Kier alpha value is -1.55. The molecule has 0 aromatic heterocycles.